The van der Waals surface area contributed by atoms with E-state index in [1.54, 1.807) is 6.20 Å². The van der Waals surface area contributed by atoms with Crippen molar-refractivity contribution in [3.05, 3.63) is 62.9 Å². The van der Waals surface area contributed by atoms with E-state index in [1.807, 2.05) is 16.7 Å². The smallest absolute Gasteiger partial charge is 0.280 e. The van der Waals surface area contributed by atoms with Gasteiger partial charge in [0.2, 0.25) is 0 Å². The Kier molecular flexibility index (Phi) is 3.73. The van der Waals surface area contributed by atoms with Crippen LogP contribution in [-0.2, 0) is 12.8 Å². The van der Waals surface area contributed by atoms with Crippen LogP contribution in [0.1, 0.15) is 40.9 Å². The van der Waals surface area contributed by atoms with Gasteiger partial charge in [-0.25, -0.2) is 4.98 Å². The first kappa shape index (κ1) is 15.1. The molecule has 0 atom stereocenters. The van der Waals surface area contributed by atoms with Gasteiger partial charge in [0.1, 0.15) is 5.52 Å². The second kappa shape index (κ2) is 5.91. The van der Waals surface area contributed by atoms with Gasteiger partial charge in [0.25, 0.3) is 5.56 Å². The van der Waals surface area contributed by atoms with Crippen LogP contribution >= 0.6 is 11.6 Å². The number of aryl methyl sites for hydroxylation is 2. The van der Waals surface area contributed by atoms with Crippen LogP contribution in [0.5, 0.6) is 0 Å². The maximum Gasteiger partial charge on any atom is 0.280 e. The molecule has 1 aliphatic rings. The van der Waals surface area contributed by atoms with E-state index in [0.717, 1.165) is 25.7 Å². The summed E-state index contributed by atoms with van der Waals surface area (Å²) in [7, 11) is 0. The number of fused-ring (bicyclic) bond motifs is 3. The van der Waals surface area contributed by atoms with Crippen LogP contribution in [0.2, 0.25) is 5.02 Å². The molecule has 5 nitrogen and oxygen atoms in total. The van der Waals surface area contributed by atoms with Gasteiger partial charge >= 0.3 is 0 Å². The number of pyridine rings is 1. The number of halogens is 1. The minimum atomic E-state index is -0.191. The van der Waals surface area contributed by atoms with Crippen LogP contribution in [0.25, 0.3) is 11.3 Å². The minimum absolute atomic E-state index is 0.191. The van der Waals surface area contributed by atoms with E-state index >= 15 is 0 Å². The molecule has 0 spiro atoms. The number of hydrogen-bond acceptors (Lipinski definition) is 3. The van der Waals surface area contributed by atoms with Gasteiger partial charge < -0.3 is 4.40 Å². The third-order valence-electron chi connectivity index (χ3n) is 4.66. The molecule has 0 saturated heterocycles. The zero-order valence-corrected chi connectivity index (χ0v) is 13.8. The molecular weight excluding hydrogens is 326 g/mol. The van der Waals surface area contributed by atoms with Gasteiger partial charge in [-0.1, -0.05) is 18.0 Å². The lowest BCUT2D eigenvalue weighted by Gasteiger charge is -2.10. The van der Waals surface area contributed by atoms with Crippen molar-refractivity contribution in [2.24, 2.45) is 0 Å². The van der Waals surface area contributed by atoms with E-state index < -0.39 is 0 Å². The largest absolute Gasteiger partial charge is 0.314 e. The monoisotopic (exact) mass is 341 g/mol. The van der Waals surface area contributed by atoms with E-state index in [1.165, 1.54) is 34.5 Å². The zero-order valence-electron chi connectivity index (χ0n) is 13.0. The quantitative estimate of drug-likeness (QED) is 0.531. The van der Waals surface area contributed by atoms with Gasteiger partial charge in [-0.15, -0.1) is 0 Å². The molecule has 3 aromatic heterocycles. The highest BCUT2D eigenvalue weighted by molar-refractivity contribution is 6.33. The molecule has 122 valence electrons. The first-order valence-corrected chi connectivity index (χ1v) is 8.43. The Morgan fingerprint density at radius 3 is 2.83 bits per heavy atom. The predicted molar refractivity (Wildman–Crippen MR) is 92.4 cm³/mol. The minimum Gasteiger partial charge on any atom is -0.314 e. The van der Waals surface area contributed by atoms with Crippen molar-refractivity contribution in [2.75, 3.05) is 0 Å². The summed E-state index contributed by atoms with van der Waals surface area (Å²) >= 11 is 6.06. The van der Waals surface area contributed by atoms with Crippen LogP contribution in [-0.4, -0.2) is 20.2 Å². The lowest BCUT2D eigenvalue weighted by Crippen LogP contribution is -2.22. The number of rotatable bonds is 2. The molecule has 0 fully saturated rings. The van der Waals surface area contributed by atoms with E-state index in [2.05, 4.69) is 4.98 Å². The van der Waals surface area contributed by atoms with E-state index in [4.69, 9.17) is 11.6 Å². The molecule has 4 rings (SSSR count). The molecule has 0 aromatic carbocycles. The van der Waals surface area contributed by atoms with Gasteiger partial charge in [-0.05, 0) is 43.4 Å². The molecule has 24 heavy (non-hydrogen) atoms. The number of hydrogen-bond donors (Lipinski definition) is 0. The second-order valence-electron chi connectivity index (χ2n) is 6.05. The highest BCUT2D eigenvalue weighted by atomic mass is 35.5. The van der Waals surface area contributed by atoms with Gasteiger partial charge in [-0.2, -0.15) is 0 Å². The maximum absolute atomic E-state index is 13.0. The predicted octanol–water partition coefficient (Wildman–Crippen LogP) is 3.22. The molecule has 0 bridgehead atoms. The number of nitrogens with zero attached hydrogens (tertiary/aromatic N) is 3. The van der Waals surface area contributed by atoms with Crippen LogP contribution in [0, 0.1) is 0 Å². The van der Waals surface area contributed by atoms with Crippen LogP contribution in [0.3, 0.4) is 0 Å². The molecule has 6 heteroatoms. The molecule has 3 aromatic rings. The van der Waals surface area contributed by atoms with Crippen molar-refractivity contribution in [1.82, 2.24) is 14.0 Å². The maximum atomic E-state index is 13.0. The fourth-order valence-corrected chi connectivity index (χ4v) is 3.65. The first-order valence-electron chi connectivity index (χ1n) is 8.05. The number of aldehydes is 1. The van der Waals surface area contributed by atoms with Crippen molar-refractivity contribution < 1.29 is 4.79 Å². The van der Waals surface area contributed by atoms with Crippen LogP contribution < -0.4 is 5.56 Å². The summed E-state index contributed by atoms with van der Waals surface area (Å²) in [6.07, 6.45) is 11.2. The highest BCUT2D eigenvalue weighted by Crippen LogP contribution is 2.24. The number of carbonyl (C=O) groups is 1. The van der Waals surface area contributed by atoms with Crippen molar-refractivity contribution in [1.29, 1.82) is 0 Å². The van der Waals surface area contributed by atoms with E-state index in [-0.39, 0.29) is 22.0 Å². The van der Waals surface area contributed by atoms with Crippen molar-refractivity contribution >= 4 is 23.4 Å². The third kappa shape index (κ3) is 2.27. The molecular formula is C18H16ClN3O2. The zero-order chi connectivity index (χ0) is 16.7. The molecule has 0 saturated carbocycles. The standard InChI is InChI=1S/C18H16ClN3O2/c19-14-6-7-20-17(13(14)11-23)22-9-8-21-15-5-3-1-2-4-12(15)10-16(21)18(22)24/h6-11H,1-5H2. The Bertz CT molecular complexity index is 1000. The van der Waals surface area contributed by atoms with Crippen LogP contribution in [0.15, 0.2) is 35.5 Å². The summed E-state index contributed by atoms with van der Waals surface area (Å²) in [4.78, 5) is 28.5. The van der Waals surface area contributed by atoms with E-state index in [0.29, 0.717) is 11.8 Å². The Hall–Kier alpha value is -2.40. The fraction of sp³-hybridized carbons (Fsp3) is 0.278. The molecule has 0 N–H and O–H groups in total. The normalized spacial score (nSPS) is 14.4. The van der Waals surface area contributed by atoms with Crippen LogP contribution in [0.4, 0.5) is 0 Å². The van der Waals surface area contributed by atoms with Gasteiger partial charge in [0.15, 0.2) is 12.1 Å². The Morgan fingerprint density at radius 2 is 2.00 bits per heavy atom. The summed E-state index contributed by atoms with van der Waals surface area (Å²) in [5.41, 5.74) is 3.11. The third-order valence-corrected chi connectivity index (χ3v) is 4.99. The van der Waals surface area contributed by atoms with Gasteiger partial charge in [0, 0.05) is 24.3 Å². The summed E-state index contributed by atoms with van der Waals surface area (Å²) in [6, 6.07) is 3.52. The Labute approximate surface area is 143 Å². The van der Waals surface area contributed by atoms with Gasteiger partial charge in [0.05, 0.1) is 10.6 Å². The molecule has 0 unspecified atom stereocenters. The number of aromatic nitrogens is 3. The Balaban J connectivity index is 1.97. The van der Waals surface area contributed by atoms with Gasteiger partial charge in [-0.3, -0.25) is 14.2 Å². The average Bonchev–Trinajstić information content (AvgIpc) is 2.78. The van der Waals surface area contributed by atoms with Crippen molar-refractivity contribution in [3.63, 3.8) is 0 Å². The molecule has 0 amide bonds. The molecule has 0 aliphatic heterocycles. The first-order chi connectivity index (χ1) is 11.7. The summed E-state index contributed by atoms with van der Waals surface area (Å²) in [5, 5.41) is 0.285. The summed E-state index contributed by atoms with van der Waals surface area (Å²) in [5.74, 6) is 0.265. The average molecular weight is 342 g/mol. The lowest BCUT2D eigenvalue weighted by atomic mass is 10.1. The fourth-order valence-electron chi connectivity index (χ4n) is 3.47. The van der Waals surface area contributed by atoms with E-state index in [9.17, 15) is 9.59 Å². The Morgan fingerprint density at radius 1 is 1.17 bits per heavy atom. The van der Waals surface area contributed by atoms with Crippen molar-refractivity contribution in [2.45, 2.75) is 32.1 Å². The highest BCUT2D eigenvalue weighted by Gasteiger charge is 2.18. The molecule has 3 heterocycles. The number of carbonyl (C=O) groups excluding carboxylic acids is 1. The SMILES string of the molecule is O=Cc1c(Cl)ccnc1-n1ccn2c3c(cc2c1=O)CCCCC3. The summed E-state index contributed by atoms with van der Waals surface area (Å²) < 4.78 is 3.37. The summed E-state index contributed by atoms with van der Waals surface area (Å²) in [6.45, 7) is 0. The second-order valence-corrected chi connectivity index (χ2v) is 6.46. The molecule has 0 radical (unpaired) electrons. The van der Waals surface area contributed by atoms with Crippen molar-refractivity contribution in [3.8, 4) is 5.82 Å². The molecule has 1 aliphatic carbocycles. The topological polar surface area (TPSA) is 56.4 Å². The lowest BCUT2D eigenvalue weighted by molar-refractivity contribution is 0.112.